The van der Waals surface area contributed by atoms with Crippen LogP contribution in [0.1, 0.15) is 19.8 Å². The zero-order valence-corrected chi connectivity index (χ0v) is 11.4. The fourth-order valence-electron chi connectivity index (χ4n) is 1.77. The minimum absolute atomic E-state index is 0.136. The van der Waals surface area contributed by atoms with E-state index < -0.39 is 0 Å². The number of nitrogens with zero attached hydrogens (tertiary/aromatic N) is 1. The molecule has 0 aromatic heterocycles. The van der Waals surface area contributed by atoms with Crippen molar-refractivity contribution in [1.29, 1.82) is 0 Å². The topological polar surface area (TPSA) is 55.7 Å². The summed E-state index contributed by atoms with van der Waals surface area (Å²) >= 11 is 0.136. The number of benzene rings is 1. The number of para-hydroxylation sites is 1. The standard InChI is InChI=1S/C12H15NO3Se/c1-2-5-10-11(16-10)8-17-12-7-4-3-6-9(12)13(14)15/h3-4,6-7,10-11H,2,5,8H2,1H3/t10-,11-/m1/s1. The molecule has 0 aliphatic carbocycles. The van der Waals surface area contributed by atoms with Crippen LogP contribution in [0.15, 0.2) is 24.3 Å². The molecular weight excluding hydrogens is 285 g/mol. The Labute approximate surface area is 107 Å². The van der Waals surface area contributed by atoms with Crippen molar-refractivity contribution in [2.75, 3.05) is 0 Å². The van der Waals surface area contributed by atoms with Crippen LogP contribution < -0.4 is 4.46 Å². The molecule has 1 heterocycles. The molecule has 2 atom stereocenters. The second kappa shape index (κ2) is 5.63. The van der Waals surface area contributed by atoms with Gasteiger partial charge >= 0.3 is 106 Å². The molecule has 0 radical (unpaired) electrons. The zero-order chi connectivity index (χ0) is 12.3. The number of nitro groups is 1. The Morgan fingerprint density at radius 3 is 2.88 bits per heavy atom. The quantitative estimate of drug-likeness (QED) is 0.349. The van der Waals surface area contributed by atoms with Gasteiger partial charge < -0.3 is 0 Å². The fraction of sp³-hybridized carbons (Fsp3) is 0.500. The second-order valence-electron chi connectivity index (χ2n) is 4.04. The zero-order valence-electron chi connectivity index (χ0n) is 9.67. The third-order valence-corrected chi connectivity index (χ3v) is 5.14. The third-order valence-electron chi connectivity index (χ3n) is 2.73. The van der Waals surface area contributed by atoms with Gasteiger partial charge in [-0.1, -0.05) is 0 Å². The minimum atomic E-state index is -0.297. The molecular formula is C12H15NO3Se. The first-order chi connectivity index (χ1) is 8.22. The van der Waals surface area contributed by atoms with Gasteiger partial charge in [-0.3, -0.25) is 0 Å². The molecule has 1 aromatic carbocycles. The monoisotopic (exact) mass is 301 g/mol. The summed E-state index contributed by atoms with van der Waals surface area (Å²) < 4.78 is 6.40. The second-order valence-corrected chi connectivity index (χ2v) is 6.27. The molecule has 0 N–H and O–H groups in total. The van der Waals surface area contributed by atoms with E-state index in [1.807, 2.05) is 12.1 Å². The molecule has 1 aliphatic heterocycles. The molecule has 0 bridgehead atoms. The molecule has 17 heavy (non-hydrogen) atoms. The van der Waals surface area contributed by atoms with E-state index in [1.54, 1.807) is 12.1 Å². The third kappa shape index (κ3) is 3.28. The molecule has 1 saturated heterocycles. The molecule has 1 fully saturated rings. The number of nitro benzene ring substituents is 1. The first-order valence-corrected chi connectivity index (χ1v) is 7.81. The summed E-state index contributed by atoms with van der Waals surface area (Å²) in [5.41, 5.74) is 0.250. The summed E-state index contributed by atoms with van der Waals surface area (Å²) in [5.74, 6) is 0. The van der Waals surface area contributed by atoms with E-state index in [4.69, 9.17) is 4.74 Å². The van der Waals surface area contributed by atoms with Gasteiger partial charge in [0, 0.05) is 0 Å². The van der Waals surface area contributed by atoms with Gasteiger partial charge in [-0.25, -0.2) is 0 Å². The van der Waals surface area contributed by atoms with E-state index in [0.29, 0.717) is 12.2 Å². The first kappa shape index (κ1) is 12.6. The summed E-state index contributed by atoms with van der Waals surface area (Å²) in [6.45, 7) is 2.14. The van der Waals surface area contributed by atoms with E-state index in [1.165, 1.54) is 0 Å². The predicted molar refractivity (Wildman–Crippen MR) is 66.9 cm³/mol. The number of hydrogen-bond acceptors (Lipinski definition) is 3. The van der Waals surface area contributed by atoms with Gasteiger partial charge in [-0.15, -0.1) is 0 Å². The van der Waals surface area contributed by atoms with Crippen molar-refractivity contribution in [1.82, 2.24) is 0 Å². The van der Waals surface area contributed by atoms with Gasteiger partial charge in [0.15, 0.2) is 0 Å². The van der Waals surface area contributed by atoms with Gasteiger partial charge in [-0.2, -0.15) is 0 Å². The summed E-state index contributed by atoms with van der Waals surface area (Å²) in [6, 6.07) is 7.01. The van der Waals surface area contributed by atoms with Crippen molar-refractivity contribution in [3.63, 3.8) is 0 Å². The van der Waals surface area contributed by atoms with Crippen molar-refractivity contribution >= 4 is 25.1 Å². The fourth-order valence-corrected chi connectivity index (χ4v) is 4.08. The van der Waals surface area contributed by atoms with Crippen LogP contribution in [0.2, 0.25) is 5.32 Å². The molecule has 0 unspecified atom stereocenters. The molecule has 0 saturated carbocycles. The van der Waals surface area contributed by atoms with Gasteiger partial charge in [0.2, 0.25) is 0 Å². The van der Waals surface area contributed by atoms with Crippen LogP contribution in [-0.2, 0) is 4.74 Å². The van der Waals surface area contributed by atoms with Crippen LogP contribution in [0.25, 0.3) is 0 Å². The Balaban J connectivity index is 1.89. The maximum absolute atomic E-state index is 10.8. The molecule has 4 nitrogen and oxygen atoms in total. The van der Waals surface area contributed by atoms with Gasteiger partial charge in [0.05, 0.1) is 0 Å². The van der Waals surface area contributed by atoms with E-state index in [9.17, 15) is 10.1 Å². The summed E-state index contributed by atoms with van der Waals surface area (Å²) in [4.78, 5) is 10.5. The number of rotatable bonds is 6. The van der Waals surface area contributed by atoms with Gasteiger partial charge in [0.25, 0.3) is 0 Å². The Kier molecular flexibility index (Phi) is 4.15. The van der Waals surface area contributed by atoms with Crippen LogP contribution in [0.3, 0.4) is 0 Å². The molecule has 1 aromatic rings. The van der Waals surface area contributed by atoms with E-state index in [2.05, 4.69) is 6.92 Å². The van der Waals surface area contributed by atoms with Crippen molar-refractivity contribution in [3.05, 3.63) is 34.4 Å². The molecule has 5 heteroatoms. The van der Waals surface area contributed by atoms with E-state index >= 15 is 0 Å². The Morgan fingerprint density at radius 1 is 1.41 bits per heavy atom. The van der Waals surface area contributed by atoms with Crippen LogP contribution in [-0.4, -0.2) is 32.1 Å². The van der Waals surface area contributed by atoms with Gasteiger partial charge in [0.1, 0.15) is 0 Å². The van der Waals surface area contributed by atoms with E-state index in [0.717, 1.165) is 22.6 Å². The normalized spacial score (nSPS) is 22.4. The Hall–Kier alpha value is -0.901. The average molecular weight is 300 g/mol. The van der Waals surface area contributed by atoms with E-state index in [-0.39, 0.29) is 25.6 Å². The van der Waals surface area contributed by atoms with Crippen molar-refractivity contribution < 1.29 is 9.66 Å². The molecule has 0 amide bonds. The SMILES string of the molecule is CCC[C@H]1O[C@@H]1C[Se]c1ccccc1[N+](=O)[O-]. The van der Waals surface area contributed by atoms with Crippen LogP contribution in [0.5, 0.6) is 0 Å². The molecule has 2 rings (SSSR count). The first-order valence-electron chi connectivity index (χ1n) is 5.74. The average Bonchev–Trinajstić information content (AvgIpc) is 3.06. The summed E-state index contributed by atoms with van der Waals surface area (Å²) in [5, 5.41) is 11.8. The number of epoxide rings is 1. The van der Waals surface area contributed by atoms with Crippen molar-refractivity contribution in [2.24, 2.45) is 0 Å². The molecule has 0 spiro atoms. The van der Waals surface area contributed by atoms with Crippen molar-refractivity contribution in [2.45, 2.75) is 37.3 Å². The van der Waals surface area contributed by atoms with Crippen LogP contribution in [0, 0.1) is 10.1 Å². The molecule has 1 aliphatic rings. The Bertz CT molecular complexity index is 410. The summed E-state index contributed by atoms with van der Waals surface area (Å²) in [6.07, 6.45) is 3.00. The predicted octanol–water partition coefficient (Wildman–Crippen LogP) is 1.91. The van der Waals surface area contributed by atoms with Crippen molar-refractivity contribution in [3.8, 4) is 0 Å². The van der Waals surface area contributed by atoms with Crippen LogP contribution in [0.4, 0.5) is 5.69 Å². The van der Waals surface area contributed by atoms with Crippen LogP contribution >= 0.6 is 0 Å². The number of ether oxygens (including phenoxy) is 1. The Morgan fingerprint density at radius 2 is 2.18 bits per heavy atom. The number of hydrogen-bond donors (Lipinski definition) is 0. The summed E-state index contributed by atoms with van der Waals surface area (Å²) in [7, 11) is 0. The van der Waals surface area contributed by atoms with Gasteiger partial charge in [-0.05, 0) is 0 Å². The maximum atomic E-state index is 10.8. The molecule has 92 valence electrons.